The molecule has 0 aliphatic rings. The number of nitrogens with two attached hydrogens (primary N) is 1. The van der Waals surface area contributed by atoms with E-state index in [9.17, 15) is 0 Å². The molecule has 0 bridgehead atoms. The minimum atomic E-state index is 0.380. The van der Waals surface area contributed by atoms with Crippen molar-refractivity contribution in [1.82, 2.24) is 9.78 Å². The standard InChI is InChI=1S/C15H21N3O/c1-10(2)13-6-5-7-14(8-13)19-9-18-12(4)15(16)11(3)17-18/h5-8,10H,9,16H2,1-4H3. The van der Waals surface area contributed by atoms with Gasteiger partial charge in [-0.25, -0.2) is 4.68 Å². The summed E-state index contributed by atoms with van der Waals surface area (Å²) in [6.45, 7) is 8.56. The molecule has 4 heteroatoms. The molecule has 0 saturated carbocycles. The highest BCUT2D eigenvalue weighted by Crippen LogP contribution is 2.21. The molecule has 0 fully saturated rings. The molecule has 0 spiro atoms. The van der Waals surface area contributed by atoms with E-state index in [1.807, 2.05) is 26.0 Å². The van der Waals surface area contributed by atoms with E-state index in [1.54, 1.807) is 4.68 Å². The van der Waals surface area contributed by atoms with Crippen LogP contribution in [0.4, 0.5) is 5.69 Å². The van der Waals surface area contributed by atoms with Crippen molar-refractivity contribution in [3.63, 3.8) is 0 Å². The number of hydrogen-bond acceptors (Lipinski definition) is 3. The second-order valence-electron chi connectivity index (χ2n) is 5.08. The summed E-state index contributed by atoms with van der Waals surface area (Å²) in [5, 5.41) is 4.35. The minimum absolute atomic E-state index is 0.380. The lowest BCUT2D eigenvalue weighted by molar-refractivity contribution is 0.217. The third kappa shape index (κ3) is 2.89. The Kier molecular flexibility index (Phi) is 3.79. The molecular weight excluding hydrogens is 238 g/mol. The molecule has 0 saturated heterocycles. The number of ether oxygens (including phenoxy) is 1. The van der Waals surface area contributed by atoms with Gasteiger partial charge in [-0.05, 0) is 37.5 Å². The summed E-state index contributed by atoms with van der Waals surface area (Å²) in [7, 11) is 0. The number of aromatic nitrogens is 2. The third-order valence-corrected chi connectivity index (χ3v) is 3.32. The zero-order valence-corrected chi connectivity index (χ0v) is 12.0. The zero-order valence-electron chi connectivity index (χ0n) is 12.0. The van der Waals surface area contributed by atoms with E-state index in [2.05, 4.69) is 31.1 Å². The first-order valence-electron chi connectivity index (χ1n) is 6.51. The van der Waals surface area contributed by atoms with Gasteiger partial charge in [0.25, 0.3) is 0 Å². The van der Waals surface area contributed by atoms with Crippen molar-refractivity contribution in [2.24, 2.45) is 0 Å². The summed E-state index contributed by atoms with van der Waals surface area (Å²) in [6, 6.07) is 8.15. The van der Waals surface area contributed by atoms with Crippen molar-refractivity contribution in [1.29, 1.82) is 0 Å². The molecule has 2 N–H and O–H groups in total. The van der Waals surface area contributed by atoms with Crippen molar-refractivity contribution in [3.05, 3.63) is 41.2 Å². The number of rotatable bonds is 4. The average Bonchev–Trinajstić information content (AvgIpc) is 2.64. The molecule has 2 rings (SSSR count). The van der Waals surface area contributed by atoms with E-state index in [-0.39, 0.29) is 0 Å². The van der Waals surface area contributed by atoms with Gasteiger partial charge in [0, 0.05) is 0 Å². The maximum Gasteiger partial charge on any atom is 0.181 e. The first kappa shape index (κ1) is 13.5. The Labute approximate surface area is 114 Å². The number of benzene rings is 1. The SMILES string of the molecule is Cc1nn(COc2cccc(C(C)C)c2)c(C)c1N. The highest BCUT2D eigenvalue weighted by Gasteiger charge is 2.08. The van der Waals surface area contributed by atoms with Crippen LogP contribution in [0, 0.1) is 13.8 Å². The normalized spacial score (nSPS) is 11.0. The Balaban J connectivity index is 2.10. The van der Waals surface area contributed by atoms with Gasteiger partial charge in [-0.1, -0.05) is 26.0 Å². The van der Waals surface area contributed by atoms with Crippen LogP contribution in [-0.2, 0) is 6.73 Å². The van der Waals surface area contributed by atoms with Crippen molar-refractivity contribution in [2.75, 3.05) is 5.73 Å². The fourth-order valence-electron chi connectivity index (χ4n) is 1.94. The van der Waals surface area contributed by atoms with Crippen molar-refractivity contribution >= 4 is 5.69 Å². The van der Waals surface area contributed by atoms with E-state index in [0.29, 0.717) is 12.6 Å². The van der Waals surface area contributed by atoms with Crippen LogP contribution in [0.5, 0.6) is 5.75 Å². The number of nitrogens with zero attached hydrogens (tertiary/aromatic N) is 2. The van der Waals surface area contributed by atoms with Crippen LogP contribution in [0.3, 0.4) is 0 Å². The van der Waals surface area contributed by atoms with Crippen molar-refractivity contribution in [2.45, 2.75) is 40.3 Å². The number of hydrogen-bond donors (Lipinski definition) is 1. The van der Waals surface area contributed by atoms with Gasteiger partial charge in [-0.3, -0.25) is 0 Å². The first-order valence-corrected chi connectivity index (χ1v) is 6.51. The van der Waals surface area contributed by atoms with Crippen molar-refractivity contribution < 1.29 is 4.74 Å². The third-order valence-electron chi connectivity index (χ3n) is 3.32. The molecule has 0 atom stereocenters. The Bertz CT molecular complexity index is 573. The van der Waals surface area contributed by atoms with Gasteiger partial charge in [-0.15, -0.1) is 0 Å². The molecule has 19 heavy (non-hydrogen) atoms. The average molecular weight is 259 g/mol. The quantitative estimate of drug-likeness (QED) is 0.917. The summed E-state index contributed by atoms with van der Waals surface area (Å²) in [5.74, 6) is 1.35. The molecule has 1 aromatic carbocycles. The molecule has 0 radical (unpaired) electrons. The molecule has 2 aromatic rings. The van der Waals surface area contributed by atoms with Gasteiger partial charge in [0.05, 0.1) is 17.1 Å². The topological polar surface area (TPSA) is 53.1 Å². The van der Waals surface area contributed by atoms with E-state index in [1.165, 1.54) is 5.56 Å². The summed E-state index contributed by atoms with van der Waals surface area (Å²) >= 11 is 0. The Morgan fingerprint density at radius 1 is 1.32 bits per heavy atom. The maximum atomic E-state index is 5.90. The Morgan fingerprint density at radius 3 is 2.63 bits per heavy atom. The first-order chi connectivity index (χ1) is 8.99. The smallest absolute Gasteiger partial charge is 0.181 e. The van der Waals surface area contributed by atoms with Crippen LogP contribution in [0.15, 0.2) is 24.3 Å². The number of anilines is 1. The van der Waals surface area contributed by atoms with Crippen LogP contribution in [0.1, 0.15) is 36.7 Å². The van der Waals surface area contributed by atoms with E-state index in [0.717, 1.165) is 22.8 Å². The maximum absolute atomic E-state index is 5.90. The van der Waals surface area contributed by atoms with Crippen LogP contribution in [-0.4, -0.2) is 9.78 Å². The predicted molar refractivity (Wildman–Crippen MR) is 77.3 cm³/mol. The fourth-order valence-corrected chi connectivity index (χ4v) is 1.94. The van der Waals surface area contributed by atoms with Gasteiger partial charge in [-0.2, -0.15) is 5.10 Å². The largest absolute Gasteiger partial charge is 0.471 e. The fraction of sp³-hybridized carbons (Fsp3) is 0.400. The Hall–Kier alpha value is -1.97. The van der Waals surface area contributed by atoms with Crippen molar-refractivity contribution in [3.8, 4) is 5.75 Å². The molecule has 0 aliphatic carbocycles. The summed E-state index contributed by atoms with van der Waals surface area (Å²) in [5.41, 5.74) is 9.69. The predicted octanol–water partition coefficient (Wildman–Crippen LogP) is 3.24. The molecule has 0 unspecified atom stereocenters. The van der Waals surface area contributed by atoms with Gasteiger partial charge in [0.1, 0.15) is 5.75 Å². The number of aryl methyl sites for hydroxylation is 1. The Morgan fingerprint density at radius 2 is 2.05 bits per heavy atom. The minimum Gasteiger partial charge on any atom is -0.471 e. The van der Waals surface area contributed by atoms with Crippen LogP contribution in [0.2, 0.25) is 0 Å². The lowest BCUT2D eigenvalue weighted by Gasteiger charge is -2.10. The molecule has 1 heterocycles. The van der Waals surface area contributed by atoms with Gasteiger partial charge >= 0.3 is 0 Å². The molecular formula is C15H21N3O. The molecule has 4 nitrogen and oxygen atoms in total. The highest BCUT2D eigenvalue weighted by atomic mass is 16.5. The van der Waals surface area contributed by atoms with E-state index in [4.69, 9.17) is 10.5 Å². The monoisotopic (exact) mass is 259 g/mol. The van der Waals surface area contributed by atoms with Gasteiger partial charge < -0.3 is 10.5 Å². The van der Waals surface area contributed by atoms with Gasteiger partial charge in [0.2, 0.25) is 0 Å². The molecule has 0 amide bonds. The summed E-state index contributed by atoms with van der Waals surface area (Å²) in [6.07, 6.45) is 0. The second-order valence-corrected chi connectivity index (χ2v) is 5.08. The zero-order chi connectivity index (χ0) is 14.0. The highest BCUT2D eigenvalue weighted by molar-refractivity contribution is 5.46. The summed E-state index contributed by atoms with van der Waals surface area (Å²) in [4.78, 5) is 0. The van der Waals surface area contributed by atoms with E-state index >= 15 is 0 Å². The van der Waals surface area contributed by atoms with Crippen LogP contribution < -0.4 is 10.5 Å². The molecule has 102 valence electrons. The van der Waals surface area contributed by atoms with Gasteiger partial charge in [0.15, 0.2) is 6.73 Å². The molecule has 0 aliphatic heterocycles. The van der Waals surface area contributed by atoms with Crippen LogP contribution >= 0.6 is 0 Å². The lowest BCUT2D eigenvalue weighted by atomic mass is 10.0. The second kappa shape index (κ2) is 5.34. The molecule has 1 aromatic heterocycles. The van der Waals surface area contributed by atoms with Crippen LogP contribution in [0.25, 0.3) is 0 Å². The van der Waals surface area contributed by atoms with E-state index < -0.39 is 0 Å². The number of nitrogen functional groups attached to an aromatic ring is 1. The summed E-state index contributed by atoms with van der Waals surface area (Å²) < 4.78 is 7.56. The lowest BCUT2D eigenvalue weighted by Crippen LogP contribution is -2.09.